The molecule has 1 aromatic rings. The van der Waals surface area contributed by atoms with Crippen LogP contribution in [0.5, 0.6) is 0 Å². The van der Waals surface area contributed by atoms with Gasteiger partial charge in [0.1, 0.15) is 0 Å². The average Bonchev–Trinajstić information content (AvgIpc) is 2.66. The van der Waals surface area contributed by atoms with Crippen molar-refractivity contribution < 1.29 is 4.74 Å². The van der Waals surface area contributed by atoms with E-state index in [2.05, 4.69) is 61.7 Å². The summed E-state index contributed by atoms with van der Waals surface area (Å²) in [6.07, 6.45) is 20.8. The Bertz CT molecular complexity index is 579. The maximum atomic E-state index is 5.98. The molecule has 0 aliphatic heterocycles. The lowest BCUT2D eigenvalue weighted by atomic mass is 9.78. The highest BCUT2D eigenvalue weighted by molar-refractivity contribution is 5.47. The second kappa shape index (κ2) is 10.9. The van der Waals surface area contributed by atoms with Gasteiger partial charge in [-0.3, -0.25) is 0 Å². The minimum Gasteiger partial charge on any atom is -0.381 e. The van der Waals surface area contributed by atoms with Gasteiger partial charge in [-0.05, 0) is 49.7 Å². The van der Waals surface area contributed by atoms with Gasteiger partial charge in [0.25, 0.3) is 0 Å². The number of unbranched alkanes of at least 4 members (excludes halogenated alkanes) is 2. The molecule has 0 spiro atoms. The van der Waals surface area contributed by atoms with Crippen LogP contribution >= 0.6 is 0 Å². The van der Waals surface area contributed by atoms with E-state index in [9.17, 15) is 0 Å². The number of rotatable bonds is 12. The van der Waals surface area contributed by atoms with Crippen LogP contribution in [0.3, 0.4) is 0 Å². The molecule has 1 unspecified atom stereocenters. The molecule has 0 bridgehead atoms. The molecular weight excluding hydrogens is 304 g/mol. The van der Waals surface area contributed by atoms with E-state index in [-0.39, 0.29) is 5.41 Å². The summed E-state index contributed by atoms with van der Waals surface area (Å²) in [6, 6.07) is 8.74. The van der Waals surface area contributed by atoms with Crippen LogP contribution in [-0.2, 0) is 11.2 Å². The highest BCUT2D eigenvalue weighted by Gasteiger charge is 2.26. The fourth-order valence-corrected chi connectivity index (χ4v) is 3.31. The Balaban J connectivity index is 1.75. The Morgan fingerprint density at radius 1 is 1.04 bits per heavy atom. The van der Waals surface area contributed by atoms with Gasteiger partial charge in [0, 0.05) is 12.0 Å². The Morgan fingerprint density at radius 3 is 2.56 bits per heavy atom. The van der Waals surface area contributed by atoms with Crippen molar-refractivity contribution in [1.82, 2.24) is 0 Å². The number of ether oxygens (including phenoxy) is 1. The SMILES string of the molecule is C=CCCCOCC1(CCCCc2ccc(C=C)cc2)C=CC=CC1. The summed E-state index contributed by atoms with van der Waals surface area (Å²) in [5.41, 5.74) is 2.80. The van der Waals surface area contributed by atoms with E-state index in [1.807, 2.05) is 12.2 Å². The number of aryl methyl sites for hydroxylation is 1. The Hall–Kier alpha value is -1.86. The topological polar surface area (TPSA) is 9.23 Å². The van der Waals surface area contributed by atoms with E-state index in [0.29, 0.717) is 0 Å². The van der Waals surface area contributed by atoms with Gasteiger partial charge in [0.15, 0.2) is 0 Å². The maximum Gasteiger partial charge on any atom is 0.0560 e. The van der Waals surface area contributed by atoms with Crippen molar-refractivity contribution in [3.05, 3.63) is 78.9 Å². The van der Waals surface area contributed by atoms with Crippen LogP contribution in [0.1, 0.15) is 49.7 Å². The summed E-state index contributed by atoms with van der Waals surface area (Å²) in [5.74, 6) is 0. The van der Waals surface area contributed by atoms with E-state index >= 15 is 0 Å². The summed E-state index contributed by atoms with van der Waals surface area (Å²) in [5, 5.41) is 0. The number of allylic oxidation sites excluding steroid dienone is 4. The monoisotopic (exact) mass is 336 g/mol. The summed E-state index contributed by atoms with van der Waals surface area (Å²) in [4.78, 5) is 0. The number of benzene rings is 1. The first-order valence-electron chi connectivity index (χ1n) is 9.52. The highest BCUT2D eigenvalue weighted by Crippen LogP contribution is 2.34. The fraction of sp³-hybridized carbons (Fsp3) is 0.417. The zero-order valence-corrected chi connectivity index (χ0v) is 15.5. The van der Waals surface area contributed by atoms with E-state index in [4.69, 9.17) is 4.74 Å². The second-order valence-electron chi connectivity index (χ2n) is 6.99. The summed E-state index contributed by atoms with van der Waals surface area (Å²) in [7, 11) is 0. The van der Waals surface area contributed by atoms with Crippen molar-refractivity contribution in [2.75, 3.05) is 13.2 Å². The second-order valence-corrected chi connectivity index (χ2v) is 6.99. The van der Waals surface area contributed by atoms with Crippen molar-refractivity contribution in [2.45, 2.75) is 44.9 Å². The summed E-state index contributed by atoms with van der Waals surface area (Å²) in [6.45, 7) is 9.24. The molecule has 0 aromatic heterocycles. The van der Waals surface area contributed by atoms with Crippen LogP contribution in [-0.4, -0.2) is 13.2 Å². The van der Waals surface area contributed by atoms with Gasteiger partial charge in [-0.25, -0.2) is 0 Å². The first-order chi connectivity index (χ1) is 12.3. The van der Waals surface area contributed by atoms with Crippen molar-refractivity contribution in [1.29, 1.82) is 0 Å². The van der Waals surface area contributed by atoms with Crippen LogP contribution in [0.2, 0.25) is 0 Å². The highest BCUT2D eigenvalue weighted by atomic mass is 16.5. The molecule has 1 aliphatic carbocycles. The van der Waals surface area contributed by atoms with E-state index in [1.54, 1.807) is 0 Å². The van der Waals surface area contributed by atoms with Gasteiger partial charge in [-0.2, -0.15) is 0 Å². The van der Waals surface area contributed by atoms with Crippen LogP contribution < -0.4 is 0 Å². The first-order valence-corrected chi connectivity index (χ1v) is 9.52. The zero-order chi connectivity index (χ0) is 17.8. The molecule has 1 nitrogen and oxygen atoms in total. The van der Waals surface area contributed by atoms with Crippen molar-refractivity contribution in [3.63, 3.8) is 0 Å². The van der Waals surface area contributed by atoms with Gasteiger partial charge in [0.2, 0.25) is 0 Å². The predicted molar refractivity (Wildman–Crippen MR) is 110 cm³/mol. The average molecular weight is 337 g/mol. The molecule has 1 aromatic carbocycles. The van der Waals surface area contributed by atoms with Crippen LogP contribution in [0.15, 0.2) is 67.8 Å². The van der Waals surface area contributed by atoms with Gasteiger partial charge < -0.3 is 4.74 Å². The lowest BCUT2D eigenvalue weighted by molar-refractivity contribution is 0.0616. The minimum atomic E-state index is 0.190. The van der Waals surface area contributed by atoms with Crippen molar-refractivity contribution >= 4 is 6.08 Å². The lowest BCUT2D eigenvalue weighted by Crippen LogP contribution is -2.25. The number of hydrogen-bond acceptors (Lipinski definition) is 1. The van der Waals surface area contributed by atoms with E-state index in [0.717, 1.165) is 38.9 Å². The standard InChI is InChI=1S/C24H32O/c1-3-5-11-20-25-21-24(17-8-6-9-18-24)19-10-7-12-23-15-13-22(4-2)14-16-23/h3-4,6,8-9,13-17H,1-2,5,7,10-12,18-21H2. The third kappa shape index (κ3) is 6.88. The van der Waals surface area contributed by atoms with Crippen molar-refractivity contribution in [3.8, 4) is 0 Å². The molecule has 1 heteroatoms. The molecule has 0 radical (unpaired) electrons. The van der Waals surface area contributed by atoms with Crippen molar-refractivity contribution in [2.24, 2.45) is 5.41 Å². The van der Waals surface area contributed by atoms with Crippen LogP contribution in [0, 0.1) is 5.41 Å². The molecule has 25 heavy (non-hydrogen) atoms. The summed E-state index contributed by atoms with van der Waals surface area (Å²) >= 11 is 0. The molecule has 0 N–H and O–H groups in total. The molecule has 0 saturated heterocycles. The first kappa shape index (κ1) is 19.5. The number of hydrogen-bond donors (Lipinski definition) is 0. The smallest absolute Gasteiger partial charge is 0.0560 e. The van der Waals surface area contributed by atoms with Crippen LogP contribution in [0.4, 0.5) is 0 Å². The lowest BCUT2D eigenvalue weighted by Gasteiger charge is -2.31. The molecule has 0 saturated carbocycles. The third-order valence-corrected chi connectivity index (χ3v) is 4.91. The minimum absolute atomic E-state index is 0.190. The van der Waals surface area contributed by atoms with Gasteiger partial charge in [-0.1, -0.05) is 73.7 Å². The zero-order valence-electron chi connectivity index (χ0n) is 15.5. The predicted octanol–water partition coefficient (Wildman–Crippen LogP) is 6.53. The molecule has 134 valence electrons. The normalized spacial score (nSPS) is 19.0. The van der Waals surface area contributed by atoms with Crippen LogP contribution in [0.25, 0.3) is 6.08 Å². The van der Waals surface area contributed by atoms with E-state index in [1.165, 1.54) is 30.4 Å². The quantitative estimate of drug-likeness (QED) is 0.311. The molecule has 1 atom stereocenters. The fourth-order valence-electron chi connectivity index (χ4n) is 3.31. The largest absolute Gasteiger partial charge is 0.381 e. The Labute approximate surface area is 153 Å². The Morgan fingerprint density at radius 2 is 1.88 bits per heavy atom. The molecule has 2 rings (SSSR count). The molecular formula is C24H32O. The summed E-state index contributed by atoms with van der Waals surface area (Å²) < 4.78 is 5.98. The molecule has 0 amide bonds. The third-order valence-electron chi connectivity index (χ3n) is 4.91. The van der Waals surface area contributed by atoms with Gasteiger partial charge in [0.05, 0.1) is 6.61 Å². The van der Waals surface area contributed by atoms with Gasteiger partial charge in [-0.15, -0.1) is 6.58 Å². The molecule has 0 heterocycles. The van der Waals surface area contributed by atoms with E-state index < -0.39 is 0 Å². The van der Waals surface area contributed by atoms with Gasteiger partial charge >= 0.3 is 0 Å². The molecule has 1 aliphatic rings. The maximum absolute atomic E-state index is 5.98. The molecule has 0 fully saturated rings. The Kier molecular flexibility index (Phi) is 8.48.